The van der Waals surface area contributed by atoms with Crippen LogP contribution in [0.25, 0.3) is 0 Å². The molecular weight excluding hydrogens is 240 g/mol. The van der Waals surface area contributed by atoms with Gasteiger partial charge in [-0.1, -0.05) is 38.8 Å². The number of carbonyl (C=O) groups is 1. The molecule has 1 saturated carbocycles. The molecule has 0 aliphatic heterocycles. The number of carbonyl (C=O) groups excluding carboxylic acids is 1. The van der Waals surface area contributed by atoms with Crippen LogP contribution in [0.15, 0.2) is 0 Å². The zero-order valence-electron chi connectivity index (χ0n) is 11.0. The second-order valence-corrected chi connectivity index (χ2v) is 6.28. The van der Waals surface area contributed by atoms with Gasteiger partial charge in [-0.25, -0.2) is 0 Å². The van der Waals surface area contributed by atoms with Crippen LogP contribution in [-0.4, -0.2) is 27.1 Å². The zero-order chi connectivity index (χ0) is 13.3. The van der Waals surface area contributed by atoms with Crippen LogP contribution in [0.3, 0.4) is 0 Å². The SMILES string of the molecule is COC(=O)C1C(C)C(C)C(C)C(S(=O)[O-])C1C. The van der Waals surface area contributed by atoms with E-state index in [0.29, 0.717) is 0 Å². The average molecular weight is 261 g/mol. The minimum Gasteiger partial charge on any atom is -0.772 e. The molecule has 7 unspecified atom stereocenters. The van der Waals surface area contributed by atoms with Gasteiger partial charge in [0.2, 0.25) is 0 Å². The lowest BCUT2D eigenvalue weighted by Crippen LogP contribution is -2.50. The molecule has 17 heavy (non-hydrogen) atoms. The highest BCUT2D eigenvalue weighted by atomic mass is 32.2. The minimum absolute atomic E-state index is 0.0687. The highest BCUT2D eigenvalue weighted by molar-refractivity contribution is 7.79. The average Bonchev–Trinajstić information content (AvgIpc) is 2.25. The summed E-state index contributed by atoms with van der Waals surface area (Å²) in [4.78, 5) is 11.8. The molecule has 0 saturated heterocycles. The van der Waals surface area contributed by atoms with E-state index in [1.165, 1.54) is 7.11 Å². The molecule has 4 nitrogen and oxygen atoms in total. The third-order valence-corrected chi connectivity index (χ3v) is 5.83. The number of ether oxygens (including phenoxy) is 1. The molecule has 1 aliphatic carbocycles. The minimum atomic E-state index is -2.14. The van der Waals surface area contributed by atoms with Crippen molar-refractivity contribution in [1.29, 1.82) is 0 Å². The van der Waals surface area contributed by atoms with Crippen molar-refractivity contribution in [1.82, 2.24) is 0 Å². The molecule has 0 aromatic heterocycles. The molecule has 0 radical (unpaired) electrons. The van der Waals surface area contributed by atoms with Crippen molar-refractivity contribution in [2.45, 2.75) is 32.9 Å². The summed E-state index contributed by atoms with van der Waals surface area (Å²) in [7, 11) is 1.35. The largest absolute Gasteiger partial charge is 0.772 e. The lowest BCUT2D eigenvalue weighted by molar-refractivity contribution is -0.152. The van der Waals surface area contributed by atoms with Crippen LogP contribution in [0, 0.1) is 29.6 Å². The Morgan fingerprint density at radius 1 is 1.06 bits per heavy atom. The van der Waals surface area contributed by atoms with Crippen LogP contribution in [0.2, 0.25) is 0 Å². The molecule has 1 rings (SSSR count). The van der Waals surface area contributed by atoms with E-state index in [2.05, 4.69) is 0 Å². The number of hydrogen-bond donors (Lipinski definition) is 0. The maximum atomic E-state index is 11.8. The Morgan fingerprint density at radius 3 is 2.00 bits per heavy atom. The highest BCUT2D eigenvalue weighted by Gasteiger charge is 2.47. The summed E-state index contributed by atoms with van der Waals surface area (Å²) in [6, 6.07) is 0. The molecule has 0 aromatic rings. The van der Waals surface area contributed by atoms with Crippen molar-refractivity contribution in [3.63, 3.8) is 0 Å². The van der Waals surface area contributed by atoms with Crippen LogP contribution < -0.4 is 0 Å². The molecule has 0 heterocycles. The third kappa shape index (κ3) is 2.55. The van der Waals surface area contributed by atoms with Crippen LogP contribution in [0.4, 0.5) is 0 Å². The Kier molecular flexibility index (Phi) is 4.72. The number of methoxy groups -OCH3 is 1. The monoisotopic (exact) mass is 261 g/mol. The summed E-state index contributed by atoms with van der Waals surface area (Å²) >= 11 is -2.14. The summed E-state index contributed by atoms with van der Waals surface area (Å²) in [5.41, 5.74) is 0. The fourth-order valence-electron chi connectivity index (χ4n) is 3.18. The smallest absolute Gasteiger partial charge is 0.309 e. The first-order chi connectivity index (χ1) is 7.82. The van der Waals surface area contributed by atoms with Crippen molar-refractivity contribution in [3.05, 3.63) is 0 Å². The summed E-state index contributed by atoms with van der Waals surface area (Å²) in [6.07, 6.45) is 0. The van der Waals surface area contributed by atoms with Crippen molar-refractivity contribution in [3.8, 4) is 0 Å². The topological polar surface area (TPSA) is 66.4 Å². The second kappa shape index (κ2) is 5.48. The quantitative estimate of drug-likeness (QED) is 0.559. The predicted molar refractivity (Wildman–Crippen MR) is 64.9 cm³/mol. The molecule has 7 atom stereocenters. The number of esters is 1. The van der Waals surface area contributed by atoms with Crippen LogP contribution in [0.5, 0.6) is 0 Å². The molecule has 0 bridgehead atoms. The van der Waals surface area contributed by atoms with Gasteiger partial charge in [-0.15, -0.1) is 0 Å². The van der Waals surface area contributed by atoms with Crippen LogP contribution in [-0.2, 0) is 20.6 Å². The Bertz CT molecular complexity index is 318. The fourth-order valence-corrected chi connectivity index (χ4v) is 4.30. The molecule has 0 aromatic carbocycles. The Labute approximate surface area is 105 Å². The zero-order valence-corrected chi connectivity index (χ0v) is 11.8. The summed E-state index contributed by atoms with van der Waals surface area (Å²) in [5.74, 6) is -0.403. The summed E-state index contributed by atoms with van der Waals surface area (Å²) in [6.45, 7) is 7.80. The molecule has 0 spiro atoms. The summed E-state index contributed by atoms with van der Waals surface area (Å²) < 4.78 is 27.5. The van der Waals surface area contributed by atoms with Gasteiger partial charge in [0.05, 0.1) is 13.0 Å². The third-order valence-electron chi connectivity index (χ3n) is 4.52. The van der Waals surface area contributed by atoms with Gasteiger partial charge in [0.1, 0.15) is 0 Å². The Balaban J connectivity index is 3.07. The lowest BCUT2D eigenvalue weighted by Gasteiger charge is -2.47. The van der Waals surface area contributed by atoms with Gasteiger partial charge < -0.3 is 9.29 Å². The standard InChI is InChI=1S/C12H22O4S/c1-6-7(2)10(12(13)16-5)9(4)11(8(6)3)17(14)15/h6-11H,1-5H3,(H,14,15)/p-1. The van der Waals surface area contributed by atoms with Gasteiger partial charge in [-0.3, -0.25) is 9.00 Å². The van der Waals surface area contributed by atoms with E-state index in [1.807, 2.05) is 27.7 Å². The van der Waals surface area contributed by atoms with E-state index in [0.717, 1.165) is 0 Å². The normalized spacial score (nSPS) is 44.1. The van der Waals surface area contributed by atoms with Crippen molar-refractivity contribution in [2.24, 2.45) is 29.6 Å². The van der Waals surface area contributed by atoms with E-state index >= 15 is 0 Å². The fraction of sp³-hybridized carbons (Fsp3) is 0.917. The Hall–Kier alpha value is -0.420. The van der Waals surface area contributed by atoms with Crippen molar-refractivity contribution < 1.29 is 18.3 Å². The first-order valence-corrected chi connectivity index (χ1v) is 7.12. The molecular formula is C12H21O4S-. The Morgan fingerprint density at radius 2 is 1.59 bits per heavy atom. The van der Waals surface area contributed by atoms with Crippen LogP contribution in [0.1, 0.15) is 27.7 Å². The first kappa shape index (κ1) is 14.6. The number of rotatable bonds is 2. The van der Waals surface area contributed by atoms with E-state index in [-0.39, 0.29) is 35.6 Å². The van der Waals surface area contributed by atoms with E-state index in [9.17, 15) is 13.6 Å². The van der Waals surface area contributed by atoms with Crippen LogP contribution >= 0.6 is 0 Å². The van der Waals surface area contributed by atoms with Crippen molar-refractivity contribution in [2.75, 3.05) is 7.11 Å². The molecule has 0 amide bonds. The van der Waals surface area contributed by atoms with Gasteiger partial charge in [0.25, 0.3) is 0 Å². The van der Waals surface area contributed by atoms with Gasteiger partial charge in [0, 0.05) is 5.25 Å². The second-order valence-electron chi connectivity index (χ2n) is 5.21. The maximum absolute atomic E-state index is 11.8. The molecule has 5 heteroatoms. The van der Waals surface area contributed by atoms with Gasteiger partial charge >= 0.3 is 5.97 Å². The van der Waals surface area contributed by atoms with Crippen molar-refractivity contribution >= 4 is 17.0 Å². The molecule has 100 valence electrons. The van der Waals surface area contributed by atoms with Gasteiger partial charge in [-0.05, 0) is 23.7 Å². The first-order valence-electron chi connectivity index (χ1n) is 5.98. The maximum Gasteiger partial charge on any atom is 0.309 e. The van der Waals surface area contributed by atoms with E-state index in [4.69, 9.17) is 4.74 Å². The lowest BCUT2D eigenvalue weighted by atomic mass is 9.64. The molecule has 1 aliphatic rings. The van der Waals surface area contributed by atoms with Gasteiger partial charge in [-0.2, -0.15) is 0 Å². The molecule has 0 N–H and O–H groups in total. The van der Waals surface area contributed by atoms with E-state index < -0.39 is 16.3 Å². The van der Waals surface area contributed by atoms with E-state index in [1.54, 1.807) is 0 Å². The highest BCUT2D eigenvalue weighted by Crippen LogP contribution is 2.44. The number of hydrogen-bond acceptors (Lipinski definition) is 4. The summed E-state index contributed by atoms with van der Waals surface area (Å²) in [5, 5.41) is -0.467. The predicted octanol–water partition coefficient (Wildman–Crippen LogP) is 1.58. The van der Waals surface area contributed by atoms with Gasteiger partial charge in [0.15, 0.2) is 0 Å². The molecule has 1 fully saturated rings.